The molecule has 0 radical (unpaired) electrons. The minimum Gasteiger partial charge on any atom is -0.459 e. The van der Waals surface area contributed by atoms with Crippen molar-refractivity contribution >= 4 is 28.6 Å². The Morgan fingerprint density at radius 3 is 2.54 bits per heavy atom. The molecule has 3 nitrogen and oxygen atoms in total. The molecule has 0 fully saturated rings. The second-order valence-corrected chi connectivity index (χ2v) is 8.20. The van der Waals surface area contributed by atoms with E-state index in [1.54, 1.807) is 11.8 Å². The van der Waals surface area contributed by atoms with Crippen LogP contribution in [0.15, 0.2) is 94.2 Å². The first-order valence-corrected chi connectivity index (χ1v) is 10.2. The fourth-order valence-corrected chi connectivity index (χ4v) is 4.88. The number of hydrogen-bond acceptors (Lipinski definition) is 3. The molecular weight excluding hydrogens is 366 g/mol. The molecule has 0 spiro atoms. The lowest BCUT2D eigenvalue weighted by atomic mass is 10.0. The molecule has 0 aliphatic carbocycles. The first-order valence-electron chi connectivity index (χ1n) is 9.36. The quantitative estimate of drug-likeness (QED) is 0.514. The van der Waals surface area contributed by atoms with Gasteiger partial charge < -0.3 is 9.73 Å². The third kappa shape index (κ3) is 3.20. The number of benzene rings is 3. The molecule has 2 heterocycles. The zero-order valence-corrected chi connectivity index (χ0v) is 16.0. The molecule has 1 N–H and O–H groups in total. The summed E-state index contributed by atoms with van der Waals surface area (Å²) in [5, 5.41) is 4.15. The van der Waals surface area contributed by atoms with E-state index in [1.165, 1.54) is 10.5 Å². The number of nitrogens with one attached hydrogen (secondary N) is 1. The highest BCUT2D eigenvalue weighted by Crippen LogP contribution is 2.37. The topological polar surface area (TPSA) is 42.2 Å². The lowest BCUT2D eigenvalue weighted by molar-refractivity contribution is -0.121. The number of carbonyl (C=O) groups is 1. The Bertz CT molecular complexity index is 1080. The van der Waals surface area contributed by atoms with Crippen LogP contribution in [0.1, 0.15) is 22.9 Å². The van der Waals surface area contributed by atoms with Crippen molar-refractivity contribution < 1.29 is 9.21 Å². The van der Waals surface area contributed by atoms with Gasteiger partial charge in [-0.15, -0.1) is 11.8 Å². The number of amides is 1. The van der Waals surface area contributed by atoms with E-state index in [1.807, 2.05) is 72.8 Å². The molecule has 1 amide bonds. The normalized spacial score (nSPS) is 16.6. The Kier molecular flexibility index (Phi) is 4.41. The summed E-state index contributed by atoms with van der Waals surface area (Å²) in [5.41, 5.74) is 3.08. The summed E-state index contributed by atoms with van der Waals surface area (Å²) in [4.78, 5) is 14.3. The van der Waals surface area contributed by atoms with Gasteiger partial charge >= 0.3 is 0 Å². The molecule has 138 valence electrons. The van der Waals surface area contributed by atoms with Crippen molar-refractivity contribution in [1.82, 2.24) is 5.32 Å². The second-order valence-electron chi connectivity index (χ2n) is 6.96. The van der Waals surface area contributed by atoms with E-state index >= 15 is 0 Å². The van der Waals surface area contributed by atoms with Crippen LogP contribution >= 0.6 is 11.8 Å². The summed E-state index contributed by atoms with van der Waals surface area (Å²) in [6, 6.07) is 27.8. The molecule has 5 rings (SSSR count). The monoisotopic (exact) mass is 385 g/mol. The summed E-state index contributed by atoms with van der Waals surface area (Å²) < 4.78 is 6.09. The van der Waals surface area contributed by atoms with Crippen molar-refractivity contribution in [3.63, 3.8) is 0 Å². The molecule has 0 saturated heterocycles. The third-order valence-corrected chi connectivity index (χ3v) is 6.41. The molecule has 1 aliphatic heterocycles. The highest BCUT2D eigenvalue weighted by Gasteiger charge is 2.30. The molecule has 0 bridgehead atoms. The van der Waals surface area contributed by atoms with Gasteiger partial charge in [0.25, 0.3) is 0 Å². The smallest absolute Gasteiger partial charge is 0.234 e. The van der Waals surface area contributed by atoms with Crippen LogP contribution in [0.2, 0.25) is 0 Å². The van der Waals surface area contributed by atoms with Gasteiger partial charge in [0.1, 0.15) is 17.4 Å². The van der Waals surface area contributed by atoms with Crippen LogP contribution in [0.3, 0.4) is 0 Å². The van der Waals surface area contributed by atoms with Crippen LogP contribution in [-0.2, 0) is 11.2 Å². The van der Waals surface area contributed by atoms with Gasteiger partial charge in [0.2, 0.25) is 5.91 Å². The Balaban J connectivity index is 1.45. The van der Waals surface area contributed by atoms with E-state index in [-0.39, 0.29) is 17.2 Å². The SMILES string of the molecule is O=C(N[C@H](c1ccccc1)c1cc2ccccc2o1)[C@@H]1Cc2ccccc2S1. The lowest BCUT2D eigenvalue weighted by Gasteiger charge is -2.19. The third-order valence-electron chi connectivity index (χ3n) is 5.09. The van der Waals surface area contributed by atoms with Crippen molar-refractivity contribution in [2.45, 2.75) is 22.6 Å². The van der Waals surface area contributed by atoms with Gasteiger partial charge in [-0.25, -0.2) is 0 Å². The zero-order chi connectivity index (χ0) is 18.9. The number of carbonyl (C=O) groups excluding carboxylic acids is 1. The molecule has 28 heavy (non-hydrogen) atoms. The van der Waals surface area contributed by atoms with Crippen molar-refractivity contribution in [3.05, 3.63) is 102 Å². The second kappa shape index (κ2) is 7.21. The number of hydrogen-bond donors (Lipinski definition) is 1. The van der Waals surface area contributed by atoms with Gasteiger partial charge in [-0.05, 0) is 35.7 Å². The van der Waals surface area contributed by atoms with Crippen LogP contribution in [0.25, 0.3) is 11.0 Å². The van der Waals surface area contributed by atoms with Crippen molar-refractivity contribution in [1.29, 1.82) is 0 Å². The van der Waals surface area contributed by atoms with E-state index < -0.39 is 0 Å². The maximum Gasteiger partial charge on any atom is 0.234 e. The molecule has 2 atom stereocenters. The standard InChI is InChI=1S/C24H19NO2S/c26-24(22-15-18-11-5-7-13-21(18)28-22)25-23(16-8-2-1-3-9-16)20-14-17-10-4-6-12-19(17)27-20/h1-14,22-23H,15H2,(H,25,26)/t22-,23+/m0/s1. The lowest BCUT2D eigenvalue weighted by Crippen LogP contribution is -2.35. The average Bonchev–Trinajstić information content (AvgIpc) is 3.36. The molecule has 0 unspecified atom stereocenters. The number of para-hydroxylation sites is 1. The molecule has 0 saturated carbocycles. The summed E-state index contributed by atoms with van der Waals surface area (Å²) >= 11 is 1.64. The first kappa shape index (κ1) is 17.1. The fourth-order valence-electron chi connectivity index (χ4n) is 3.67. The summed E-state index contributed by atoms with van der Waals surface area (Å²) in [7, 11) is 0. The Labute approximate surface area is 167 Å². The van der Waals surface area contributed by atoms with Crippen LogP contribution in [0.5, 0.6) is 0 Å². The number of thioether (sulfide) groups is 1. The minimum absolute atomic E-state index is 0.0375. The van der Waals surface area contributed by atoms with Gasteiger partial charge in [-0.1, -0.05) is 66.7 Å². The van der Waals surface area contributed by atoms with E-state index in [2.05, 4.69) is 17.4 Å². The molecule has 4 aromatic rings. The van der Waals surface area contributed by atoms with Gasteiger partial charge in [0.05, 0.1) is 5.25 Å². The molecule has 1 aromatic heterocycles. The Hall–Kier alpha value is -2.98. The largest absolute Gasteiger partial charge is 0.459 e. The van der Waals surface area contributed by atoms with Crippen molar-refractivity contribution in [2.24, 2.45) is 0 Å². The highest BCUT2D eigenvalue weighted by atomic mass is 32.2. The predicted molar refractivity (Wildman–Crippen MR) is 112 cm³/mol. The fraction of sp³-hybridized carbons (Fsp3) is 0.125. The summed E-state index contributed by atoms with van der Waals surface area (Å²) in [6.45, 7) is 0. The van der Waals surface area contributed by atoms with Gasteiger partial charge in [0.15, 0.2) is 0 Å². The molecule has 1 aliphatic rings. The number of furan rings is 1. The van der Waals surface area contributed by atoms with E-state index in [0.717, 1.165) is 28.7 Å². The Morgan fingerprint density at radius 2 is 1.71 bits per heavy atom. The maximum atomic E-state index is 13.1. The summed E-state index contributed by atoms with van der Waals surface area (Å²) in [5.74, 6) is 0.789. The highest BCUT2D eigenvalue weighted by molar-refractivity contribution is 8.01. The van der Waals surface area contributed by atoms with E-state index in [4.69, 9.17) is 4.42 Å². The Morgan fingerprint density at radius 1 is 0.964 bits per heavy atom. The van der Waals surface area contributed by atoms with Crippen LogP contribution in [0.4, 0.5) is 0 Å². The molecule has 4 heteroatoms. The molecular formula is C24H19NO2S. The average molecular weight is 385 g/mol. The van der Waals surface area contributed by atoms with Gasteiger partial charge in [-0.2, -0.15) is 0 Å². The first-order chi connectivity index (χ1) is 13.8. The van der Waals surface area contributed by atoms with Crippen LogP contribution in [0, 0.1) is 0 Å². The summed E-state index contributed by atoms with van der Waals surface area (Å²) in [6.07, 6.45) is 0.758. The minimum atomic E-state index is -0.314. The number of rotatable bonds is 4. The molecule has 3 aromatic carbocycles. The predicted octanol–water partition coefficient (Wildman–Crippen LogP) is 5.36. The van der Waals surface area contributed by atoms with Crippen LogP contribution < -0.4 is 5.32 Å². The zero-order valence-electron chi connectivity index (χ0n) is 15.2. The van der Waals surface area contributed by atoms with Crippen molar-refractivity contribution in [3.8, 4) is 0 Å². The van der Waals surface area contributed by atoms with E-state index in [0.29, 0.717) is 0 Å². The van der Waals surface area contributed by atoms with Crippen molar-refractivity contribution in [2.75, 3.05) is 0 Å². The van der Waals surface area contributed by atoms with E-state index in [9.17, 15) is 4.79 Å². The van der Waals surface area contributed by atoms with Gasteiger partial charge in [-0.3, -0.25) is 4.79 Å². The maximum absolute atomic E-state index is 13.1. The van der Waals surface area contributed by atoms with Gasteiger partial charge in [0, 0.05) is 10.3 Å². The van der Waals surface area contributed by atoms with Crippen LogP contribution in [-0.4, -0.2) is 11.2 Å². The number of fused-ring (bicyclic) bond motifs is 2.